The molecular formula is C25H22BrN3O4. The van der Waals surface area contributed by atoms with Gasteiger partial charge in [-0.2, -0.15) is 5.10 Å². The molecule has 0 spiro atoms. The highest BCUT2D eigenvalue weighted by atomic mass is 79.9. The van der Waals surface area contributed by atoms with Crippen molar-refractivity contribution in [3.8, 4) is 5.75 Å². The molecule has 7 nitrogen and oxygen atoms in total. The molecule has 33 heavy (non-hydrogen) atoms. The molecule has 3 aromatic rings. The maximum Gasteiger partial charge on any atom is 0.343 e. The smallest absolute Gasteiger partial charge is 0.343 e. The van der Waals surface area contributed by atoms with E-state index in [1.165, 1.54) is 6.21 Å². The minimum atomic E-state index is -0.433. The van der Waals surface area contributed by atoms with Crippen LogP contribution in [0.3, 0.4) is 0 Å². The summed E-state index contributed by atoms with van der Waals surface area (Å²) in [6, 6.07) is 22.6. The first-order chi connectivity index (χ1) is 16.0. The van der Waals surface area contributed by atoms with Crippen LogP contribution in [0.1, 0.15) is 39.1 Å². The van der Waals surface area contributed by atoms with Crippen LogP contribution in [0.5, 0.6) is 5.75 Å². The second kappa shape index (κ2) is 12.3. The molecule has 0 aliphatic carbocycles. The van der Waals surface area contributed by atoms with E-state index in [1.807, 2.05) is 12.1 Å². The molecule has 0 fully saturated rings. The zero-order valence-electron chi connectivity index (χ0n) is 17.7. The second-order valence-corrected chi connectivity index (χ2v) is 7.81. The SMILES string of the molecule is O=C(CCCNC(=O)c1ccccc1Br)N/N=C/c1ccc(OC(=O)c2ccccc2)cc1. The van der Waals surface area contributed by atoms with Crippen molar-refractivity contribution in [2.45, 2.75) is 12.8 Å². The van der Waals surface area contributed by atoms with E-state index < -0.39 is 5.97 Å². The molecule has 0 heterocycles. The highest BCUT2D eigenvalue weighted by Gasteiger charge is 2.09. The number of rotatable bonds is 9. The van der Waals surface area contributed by atoms with Crippen LogP contribution in [-0.4, -0.2) is 30.5 Å². The van der Waals surface area contributed by atoms with Crippen LogP contribution in [0, 0.1) is 0 Å². The van der Waals surface area contributed by atoms with Crippen molar-refractivity contribution in [2.75, 3.05) is 6.54 Å². The molecule has 8 heteroatoms. The summed E-state index contributed by atoms with van der Waals surface area (Å²) in [5, 5.41) is 6.71. The monoisotopic (exact) mass is 507 g/mol. The number of hydrazone groups is 1. The number of amides is 2. The van der Waals surface area contributed by atoms with Gasteiger partial charge < -0.3 is 10.1 Å². The first kappa shape index (κ1) is 23.9. The number of nitrogens with one attached hydrogen (secondary N) is 2. The van der Waals surface area contributed by atoms with Crippen molar-refractivity contribution in [2.24, 2.45) is 5.10 Å². The summed E-state index contributed by atoms with van der Waals surface area (Å²) in [6.07, 6.45) is 2.20. The van der Waals surface area contributed by atoms with Gasteiger partial charge in [-0.05, 0) is 76.4 Å². The third-order valence-electron chi connectivity index (χ3n) is 4.49. The number of nitrogens with zero attached hydrogens (tertiary/aromatic N) is 1. The quantitative estimate of drug-likeness (QED) is 0.148. The lowest BCUT2D eigenvalue weighted by atomic mass is 10.2. The first-order valence-electron chi connectivity index (χ1n) is 10.2. The molecule has 2 amide bonds. The van der Waals surface area contributed by atoms with Crippen LogP contribution in [-0.2, 0) is 4.79 Å². The molecule has 0 aliphatic heterocycles. The number of benzene rings is 3. The van der Waals surface area contributed by atoms with Gasteiger partial charge in [-0.1, -0.05) is 30.3 Å². The summed E-state index contributed by atoms with van der Waals surface area (Å²) < 4.78 is 6.04. The minimum absolute atomic E-state index is 0.196. The number of hydrogen-bond acceptors (Lipinski definition) is 5. The van der Waals surface area contributed by atoms with E-state index >= 15 is 0 Å². The number of carbonyl (C=O) groups is 3. The van der Waals surface area contributed by atoms with Crippen LogP contribution in [0.25, 0.3) is 0 Å². The summed E-state index contributed by atoms with van der Waals surface area (Å²) in [5.41, 5.74) is 4.20. The lowest BCUT2D eigenvalue weighted by Crippen LogP contribution is -2.26. The van der Waals surface area contributed by atoms with Crippen molar-refractivity contribution in [3.63, 3.8) is 0 Å². The van der Waals surface area contributed by atoms with E-state index in [9.17, 15) is 14.4 Å². The van der Waals surface area contributed by atoms with Gasteiger partial charge in [-0.15, -0.1) is 0 Å². The fraction of sp³-hybridized carbons (Fsp3) is 0.120. The number of halogens is 1. The Labute approximate surface area is 200 Å². The van der Waals surface area contributed by atoms with Crippen molar-refractivity contribution in [3.05, 3.63) is 100 Å². The maximum atomic E-state index is 12.1. The minimum Gasteiger partial charge on any atom is -0.423 e. The number of ether oxygens (including phenoxy) is 1. The Bertz CT molecular complexity index is 1130. The Hall–Kier alpha value is -3.78. The molecule has 0 aliphatic rings. The van der Waals surface area contributed by atoms with E-state index in [-0.39, 0.29) is 18.2 Å². The van der Waals surface area contributed by atoms with Gasteiger partial charge >= 0.3 is 5.97 Å². The molecule has 0 bridgehead atoms. The molecule has 3 rings (SSSR count). The molecule has 0 radical (unpaired) electrons. The largest absolute Gasteiger partial charge is 0.423 e. The van der Waals surface area contributed by atoms with Gasteiger partial charge in [-0.25, -0.2) is 10.2 Å². The van der Waals surface area contributed by atoms with Crippen molar-refractivity contribution in [1.82, 2.24) is 10.7 Å². The normalized spacial score (nSPS) is 10.6. The highest BCUT2D eigenvalue weighted by Crippen LogP contribution is 2.15. The summed E-state index contributed by atoms with van der Waals surface area (Å²) in [5.74, 6) is -0.472. The Kier molecular flexibility index (Phi) is 8.90. The Morgan fingerprint density at radius 1 is 0.909 bits per heavy atom. The Morgan fingerprint density at radius 3 is 2.33 bits per heavy atom. The average Bonchev–Trinajstić information content (AvgIpc) is 2.83. The van der Waals surface area contributed by atoms with Gasteiger partial charge in [0.2, 0.25) is 5.91 Å². The van der Waals surface area contributed by atoms with Crippen molar-refractivity contribution >= 4 is 39.9 Å². The summed E-state index contributed by atoms with van der Waals surface area (Å²) in [4.78, 5) is 36.1. The average molecular weight is 508 g/mol. The van der Waals surface area contributed by atoms with E-state index in [2.05, 4.69) is 31.8 Å². The Balaban J connectivity index is 1.36. The predicted molar refractivity (Wildman–Crippen MR) is 129 cm³/mol. The van der Waals surface area contributed by atoms with E-state index in [4.69, 9.17) is 4.74 Å². The number of esters is 1. The lowest BCUT2D eigenvalue weighted by Gasteiger charge is -2.06. The molecule has 0 aromatic heterocycles. The van der Waals surface area contributed by atoms with Gasteiger partial charge in [0.1, 0.15) is 5.75 Å². The summed E-state index contributed by atoms with van der Waals surface area (Å²) in [6.45, 7) is 0.375. The molecule has 3 aromatic carbocycles. The molecule has 0 saturated heterocycles. The number of hydrogen-bond donors (Lipinski definition) is 2. The third-order valence-corrected chi connectivity index (χ3v) is 5.18. The summed E-state index contributed by atoms with van der Waals surface area (Å²) in [7, 11) is 0. The van der Waals surface area contributed by atoms with E-state index in [1.54, 1.807) is 66.7 Å². The van der Waals surface area contributed by atoms with Gasteiger partial charge in [0.15, 0.2) is 0 Å². The van der Waals surface area contributed by atoms with Gasteiger partial charge in [0, 0.05) is 17.4 Å². The topological polar surface area (TPSA) is 96.9 Å². The van der Waals surface area contributed by atoms with Gasteiger partial charge in [-0.3, -0.25) is 9.59 Å². The fourth-order valence-corrected chi connectivity index (χ4v) is 3.25. The third kappa shape index (κ3) is 7.69. The van der Waals surface area contributed by atoms with Crippen LogP contribution < -0.4 is 15.5 Å². The van der Waals surface area contributed by atoms with Crippen molar-refractivity contribution in [1.29, 1.82) is 0 Å². The Morgan fingerprint density at radius 2 is 1.61 bits per heavy atom. The molecule has 2 N–H and O–H groups in total. The second-order valence-electron chi connectivity index (χ2n) is 6.96. The number of carbonyl (C=O) groups excluding carboxylic acids is 3. The van der Waals surface area contributed by atoms with Crippen molar-refractivity contribution < 1.29 is 19.1 Å². The summed E-state index contributed by atoms with van der Waals surface area (Å²) >= 11 is 3.34. The molecule has 0 atom stereocenters. The van der Waals surface area contributed by atoms with Gasteiger partial charge in [0.05, 0.1) is 17.3 Å². The van der Waals surface area contributed by atoms with Gasteiger partial charge in [0.25, 0.3) is 5.91 Å². The van der Waals surface area contributed by atoms with Crippen LogP contribution >= 0.6 is 15.9 Å². The standard InChI is InChI=1S/C25H22BrN3O4/c26-22-10-5-4-9-21(22)24(31)27-16-6-11-23(30)29-28-17-18-12-14-20(15-13-18)33-25(32)19-7-2-1-3-8-19/h1-5,7-10,12-15,17H,6,11,16H2,(H,27,31)(H,29,30)/b28-17+. The molecule has 168 valence electrons. The highest BCUT2D eigenvalue weighted by molar-refractivity contribution is 9.10. The van der Waals surface area contributed by atoms with Crippen LogP contribution in [0.4, 0.5) is 0 Å². The molecule has 0 saturated carbocycles. The zero-order valence-corrected chi connectivity index (χ0v) is 19.2. The fourth-order valence-electron chi connectivity index (χ4n) is 2.79. The van der Waals surface area contributed by atoms with Crippen LogP contribution in [0.15, 0.2) is 88.4 Å². The van der Waals surface area contributed by atoms with Crippen LogP contribution in [0.2, 0.25) is 0 Å². The van der Waals surface area contributed by atoms with E-state index in [0.717, 1.165) is 10.0 Å². The lowest BCUT2D eigenvalue weighted by molar-refractivity contribution is -0.121. The molecular weight excluding hydrogens is 486 g/mol. The first-order valence-corrected chi connectivity index (χ1v) is 11.0. The molecule has 0 unspecified atom stereocenters. The zero-order chi connectivity index (χ0) is 23.5. The maximum absolute atomic E-state index is 12.1. The predicted octanol–water partition coefficient (Wildman–Crippen LogP) is 4.33. The van der Waals surface area contributed by atoms with E-state index in [0.29, 0.717) is 29.8 Å².